The number of nitrogens with one attached hydrogen (secondary N) is 1. The van der Waals surface area contributed by atoms with Crippen LogP contribution in [0.4, 0.5) is 11.4 Å². The van der Waals surface area contributed by atoms with Crippen LogP contribution in [-0.2, 0) is 0 Å². The molecule has 0 saturated heterocycles. The molecule has 0 amide bonds. The first-order valence-electron chi connectivity index (χ1n) is 8.43. The molecule has 0 aliphatic carbocycles. The number of anilines is 2. The number of nitrogens with zero attached hydrogens (tertiary/aromatic N) is 1. The Balaban J connectivity index is 2.42. The largest absolute Gasteiger partial charge is 0.395 e. The molecule has 1 rings (SSSR count). The molecule has 3 nitrogen and oxygen atoms in total. The van der Waals surface area contributed by atoms with E-state index in [-0.39, 0.29) is 6.61 Å². The lowest BCUT2D eigenvalue weighted by molar-refractivity contribution is 0.302. The number of aliphatic hydroxyl groups excluding tert-OH is 1. The quantitative estimate of drug-likeness (QED) is 0.598. The van der Waals surface area contributed by atoms with Crippen LogP contribution in [-0.4, -0.2) is 30.8 Å². The van der Waals surface area contributed by atoms with Crippen molar-refractivity contribution in [2.75, 3.05) is 29.9 Å². The Labute approximate surface area is 130 Å². The number of aliphatic hydroxyl groups is 1. The minimum absolute atomic E-state index is 0.197. The topological polar surface area (TPSA) is 35.5 Å². The summed E-state index contributed by atoms with van der Waals surface area (Å²) in [6.07, 6.45) is 6.52. The van der Waals surface area contributed by atoms with Crippen molar-refractivity contribution in [1.29, 1.82) is 0 Å². The number of benzene rings is 1. The summed E-state index contributed by atoms with van der Waals surface area (Å²) in [6, 6.07) is 9.05. The van der Waals surface area contributed by atoms with Gasteiger partial charge in [0.2, 0.25) is 0 Å². The molecule has 1 atom stereocenters. The highest BCUT2D eigenvalue weighted by molar-refractivity contribution is 5.55. The van der Waals surface area contributed by atoms with Crippen molar-refractivity contribution in [2.45, 2.75) is 58.9 Å². The first kappa shape index (κ1) is 17.8. The molecule has 0 bridgehead atoms. The molecule has 0 fully saturated rings. The van der Waals surface area contributed by atoms with Gasteiger partial charge in [0.15, 0.2) is 0 Å². The van der Waals surface area contributed by atoms with E-state index in [1.807, 2.05) is 0 Å². The van der Waals surface area contributed by atoms with Gasteiger partial charge in [0.1, 0.15) is 0 Å². The third-order valence-corrected chi connectivity index (χ3v) is 3.89. The standard InChI is InChI=1S/C18H32N2O/c1-4-6-7-8-9-16(3)19-17-10-12-18(13-11-17)20(5-2)14-15-21/h10-13,16,19,21H,4-9,14-15H2,1-3H3. The van der Waals surface area contributed by atoms with Crippen molar-refractivity contribution in [2.24, 2.45) is 0 Å². The molecule has 0 aromatic heterocycles. The Hall–Kier alpha value is -1.22. The highest BCUT2D eigenvalue weighted by atomic mass is 16.3. The normalized spacial score (nSPS) is 12.2. The van der Waals surface area contributed by atoms with Crippen molar-refractivity contribution in [3.63, 3.8) is 0 Å². The van der Waals surface area contributed by atoms with Crippen LogP contribution in [0.2, 0.25) is 0 Å². The van der Waals surface area contributed by atoms with Crippen molar-refractivity contribution in [3.8, 4) is 0 Å². The summed E-state index contributed by atoms with van der Waals surface area (Å²) in [5.41, 5.74) is 2.36. The van der Waals surface area contributed by atoms with Gasteiger partial charge in [-0.2, -0.15) is 0 Å². The molecule has 0 radical (unpaired) electrons. The van der Waals surface area contributed by atoms with E-state index < -0.39 is 0 Å². The number of likely N-dealkylation sites (N-methyl/N-ethyl adjacent to an activating group) is 1. The second-order valence-corrected chi connectivity index (χ2v) is 5.74. The smallest absolute Gasteiger partial charge is 0.0606 e. The van der Waals surface area contributed by atoms with Gasteiger partial charge in [-0.25, -0.2) is 0 Å². The lowest BCUT2D eigenvalue weighted by Gasteiger charge is -2.22. The fraction of sp³-hybridized carbons (Fsp3) is 0.667. The molecule has 0 aliphatic heterocycles. The molecule has 0 aliphatic rings. The Morgan fingerprint density at radius 2 is 1.81 bits per heavy atom. The molecule has 0 heterocycles. The van der Waals surface area contributed by atoms with Crippen molar-refractivity contribution < 1.29 is 5.11 Å². The summed E-state index contributed by atoms with van der Waals surface area (Å²) in [5, 5.41) is 12.6. The second-order valence-electron chi connectivity index (χ2n) is 5.74. The van der Waals surface area contributed by atoms with Gasteiger partial charge in [-0.1, -0.05) is 32.6 Å². The highest BCUT2D eigenvalue weighted by Crippen LogP contribution is 2.19. The first-order valence-corrected chi connectivity index (χ1v) is 8.43. The van der Waals surface area contributed by atoms with Gasteiger partial charge in [-0.3, -0.25) is 0 Å². The zero-order valence-electron chi connectivity index (χ0n) is 13.9. The minimum Gasteiger partial charge on any atom is -0.395 e. The van der Waals surface area contributed by atoms with E-state index in [1.165, 1.54) is 43.5 Å². The molecule has 1 aromatic rings. The molecule has 1 aromatic carbocycles. The van der Waals surface area contributed by atoms with E-state index in [4.69, 9.17) is 5.11 Å². The maximum absolute atomic E-state index is 9.07. The molecular weight excluding hydrogens is 260 g/mol. The van der Waals surface area contributed by atoms with Crippen molar-refractivity contribution >= 4 is 11.4 Å². The summed E-state index contributed by atoms with van der Waals surface area (Å²) in [5.74, 6) is 0. The fourth-order valence-corrected chi connectivity index (χ4v) is 2.59. The monoisotopic (exact) mass is 292 g/mol. The number of unbranched alkanes of at least 4 members (excludes halogenated alkanes) is 3. The van der Waals surface area contributed by atoms with Gasteiger partial charge < -0.3 is 15.3 Å². The molecule has 3 heteroatoms. The first-order chi connectivity index (χ1) is 10.2. The van der Waals surface area contributed by atoms with Gasteiger partial charge in [-0.05, 0) is 44.5 Å². The molecule has 120 valence electrons. The van der Waals surface area contributed by atoms with Crippen LogP contribution in [0.25, 0.3) is 0 Å². The van der Waals surface area contributed by atoms with Gasteiger partial charge in [0.05, 0.1) is 6.61 Å². The van der Waals surface area contributed by atoms with Crippen LogP contribution in [0.5, 0.6) is 0 Å². The van der Waals surface area contributed by atoms with Crippen LogP contribution in [0.1, 0.15) is 52.9 Å². The Kier molecular flexibility index (Phi) is 8.91. The zero-order valence-corrected chi connectivity index (χ0v) is 13.9. The van der Waals surface area contributed by atoms with E-state index in [0.29, 0.717) is 12.6 Å². The summed E-state index contributed by atoms with van der Waals surface area (Å²) in [4.78, 5) is 2.18. The predicted octanol–water partition coefficient (Wildman–Crippen LogP) is 4.28. The molecule has 1 unspecified atom stereocenters. The van der Waals surface area contributed by atoms with E-state index in [2.05, 4.69) is 55.3 Å². The second kappa shape index (κ2) is 10.5. The fourth-order valence-electron chi connectivity index (χ4n) is 2.59. The predicted molar refractivity (Wildman–Crippen MR) is 93.3 cm³/mol. The van der Waals surface area contributed by atoms with Crippen LogP contribution >= 0.6 is 0 Å². The van der Waals surface area contributed by atoms with Gasteiger partial charge in [0.25, 0.3) is 0 Å². The van der Waals surface area contributed by atoms with E-state index in [9.17, 15) is 0 Å². The third-order valence-electron chi connectivity index (χ3n) is 3.89. The maximum atomic E-state index is 9.07. The van der Waals surface area contributed by atoms with Gasteiger partial charge >= 0.3 is 0 Å². The average molecular weight is 292 g/mol. The van der Waals surface area contributed by atoms with Gasteiger partial charge in [0, 0.05) is 30.5 Å². The van der Waals surface area contributed by atoms with Crippen LogP contribution in [0.15, 0.2) is 24.3 Å². The molecule has 2 N–H and O–H groups in total. The van der Waals surface area contributed by atoms with E-state index in [0.717, 1.165) is 6.54 Å². The molecule has 0 spiro atoms. The summed E-state index contributed by atoms with van der Waals surface area (Å²) in [7, 11) is 0. The SMILES string of the molecule is CCCCCCC(C)Nc1ccc(N(CC)CCO)cc1. The number of hydrogen-bond donors (Lipinski definition) is 2. The molecule has 21 heavy (non-hydrogen) atoms. The van der Waals surface area contributed by atoms with Crippen LogP contribution < -0.4 is 10.2 Å². The number of rotatable bonds is 11. The third kappa shape index (κ3) is 6.85. The lowest BCUT2D eigenvalue weighted by atomic mass is 10.1. The van der Waals surface area contributed by atoms with Crippen LogP contribution in [0, 0.1) is 0 Å². The Bertz CT molecular complexity index is 364. The summed E-state index contributed by atoms with van der Waals surface area (Å²) < 4.78 is 0. The summed E-state index contributed by atoms with van der Waals surface area (Å²) in [6.45, 7) is 8.42. The molecular formula is C18H32N2O. The molecule has 0 saturated carbocycles. The van der Waals surface area contributed by atoms with Crippen molar-refractivity contribution in [3.05, 3.63) is 24.3 Å². The number of hydrogen-bond acceptors (Lipinski definition) is 3. The zero-order chi connectivity index (χ0) is 15.5. The van der Waals surface area contributed by atoms with Crippen LogP contribution in [0.3, 0.4) is 0 Å². The minimum atomic E-state index is 0.197. The Morgan fingerprint density at radius 1 is 1.10 bits per heavy atom. The average Bonchev–Trinajstić information content (AvgIpc) is 2.50. The Morgan fingerprint density at radius 3 is 2.38 bits per heavy atom. The van der Waals surface area contributed by atoms with E-state index in [1.54, 1.807) is 0 Å². The maximum Gasteiger partial charge on any atom is 0.0606 e. The van der Waals surface area contributed by atoms with Gasteiger partial charge in [-0.15, -0.1) is 0 Å². The van der Waals surface area contributed by atoms with E-state index >= 15 is 0 Å². The highest BCUT2D eigenvalue weighted by Gasteiger charge is 2.05. The summed E-state index contributed by atoms with van der Waals surface area (Å²) >= 11 is 0. The van der Waals surface area contributed by atoms with Crippen molar-refractivity contribution in [1.82, 2.24) is 0 Å². The lowest BCUT2D eigenvalue weighted by Crippen LogP contribution is -2.26.